The van der Waals surface area contributed by atoms with Crippen LogP contribution in [0.5, 0.6) is 5.75 Å². The monoisotopic (exact) mass is 468 g/mol. The highest BCUT2D eigenvalue weighted by Gasteiger charge is 2.33. The van der Waals surface area contributed by atoms with Crippen molar-refractivity contribution in [2.24, 2.45) is 4.99 Å². The van der Waals surface area contributed by atoms with E-state index in [2.05, 4.69) is 4.99 Å². The number of rotatable bonds is 7. The average molecular weight is 469 g/mol. The Kier molecular flexibility index (Phi) is 6.72. The summed E-state index contributed by atoms with van der Waals surface area (Å²) in [6.07, 6.45) is 2.79. The fourth-order valence-corrected chi connectivity index (χ4v) is 5.35. The smallest absolute Gasteiger partial charge is 0.338 e. The minimum Gasteiger partial charge on any atom is -0.494 e. The van der Waals surface area contributed by atoms with Crippen LogP contribution in [0.2, 0.25) is 0 Å². The Bertz CT molecular complexity index is 1320. The number of thiazole rings is 1. The Hall–Kier alpha value is -2.97. The van der Waals surface area contributed by atoms with E-state index < -0.39 is 12.0 Å². The number of hydrogen-bond acceptors (Lipinski definition) is 7. The maximum Gasteiger partial charge on any atom is 0.338 e. The van der Waals surface area contributed by atoms with Crippen molar-refractivity contribution >= 4 is 34.7 Å². The first-order valence-corrected chi connectivity index (χ1v) is 12.2. The number of carbonyl (C=O) groups is 1. The molecule has 3 heterocycles. The standard InChI is InChI=1S/C24H24N2O4S2/c1-4-12-30-17-10-8-16(9-11-17)21-20(23(28)29-5-2)15(3)25-24-26(21)22(27)19(32-24)14-18-7-6-13-31-18/h6-11,13-14,21H,4-5,12H2,1-3H3. The number of hydrogen-bond donors (Lipinski definition) is 0. The summed E-state index contributed by atoms with van der Waals surface area (Å²) in [6, 6.07) is 10.8. The summed E-state index contributed by atoms with van der Waals surface area (Å²) in [6.45, 7) is 6.47. The Labute approximate surface area is 193 Å². The van der Waals surface area contributed by atoms with E-state index in [1.807, 2.05) is 54.8 Å². The van der Waals surface area contributed by atoms with E-state index in [1.54, 1.807) is 29.8 Å². The van der Waals surface area contributed by atoms with Crippen molar-refractivity contribution in [3.05, 3.63) is 83.2 Å². The molecule has 0 saturated carbocycles. The highest BCUT2D eigenvalue weighted by Crippen LogP contribution is 2.31. The van der Waals surface area contributed by atoms with Crippen LogP contribution in [0.1, 0.15) is 43.7 Å². The molecule has 1 aromatic carbocycles. The van der Waals surface area contributed by atoms with E-state index in [1.165, 1.54) is 11.3 Å². The molecule has 0 spiro atoms. The first kappa shape index (κ1) is 22.2. The van der Waals surface area contributed by atoms with Crippen molar-refractivity contribution in [3.8, 4) is 5.75 Å². The number of thiophene rings is 1. The van der Waals surface area contributed by atoms with Crippen molar-refractivity contribution in [1.29, 1.82) is 0 Å². The van der Waals surface area contributed by atoms with E-state index >= 15 is 0 Å². The van der Waals surface area contributed by atoms with Gasteiger partial charge in [0.05, 0.1) is 35.1 Å². The lowest BCUT2D eigenvalue weighted by Gasteiger charge is -2.24. The van der Waals surface area contributed by atoms with Crippen LogP contribution in [0.3, 0.4) is 0 Å². The van der Waals surface area contributed by atoms with Crippen molar-refractivity contribution in [2.75, 3.05) is 13.2 Å². The van der Waals surface area contributed by atoms with E-state index in [0.29, 0.717) is 27.2 Å². The number of fused-ring (bicyclic) bond motifs is 1. The molecule has 166 valence electrons. The van der Waals surface area contributed by atoms with Gasteiger partial charge < -0.3 is 9.47 Å². The molecule has 3 aromatic rings. The summed E-state index contributed by atoms with van der Waals surface area (Å²) in [5.41, 5.74) is 1.57. The maximum absolute atomic E-state index is 13.5. The van der Waals surface area contributed by atoms with Gasteiger partial charge in [-0.15, -0.1) is 11.3 Å². The average Bonchev–Trinajstić information content (AvgIpc) is 3.40. The van der Waals surface area contributed by atoms with Gasteiger partial charge in [-0.1, -0.05) is 36.5 Å². The molecule has 2 aromatic heterocycles. The predicted molar refractivity (Wildman–Crippen MR) is 127 cm³/mol. The molecule has 0 fully saturated rings. The third-order valence-corrected chi connectivity index (χ3v) is 6.80. The van der Waals surface area contributed by atoms with Crippen molar-refractivity contribution in [3.63, 3.8) is 0 Å². The van der Waals surface area contributed by atoms with Gasteiger partial charge >= 0.3 is 5.97 Å². The molecule has 32 heavy (non-hydrogen) atoms. The summed E-state index contributed by atoms with van der Waals surface area (Å²) in [4.78, 5) is 32.5. The van der Waals surface area contributed by atoms with E-state index in [0.717, 1.165) is 22.6 Å². The summed E-state index contributed by atoms with van der Waals surface area (Å²) in [7, 11) is 0. The zero-order valence-electron chi connectivity index (χ0n) is 18.2. The van der Waals surface area contributed by atoms with Crippen LogP contribution < -0.4 is 19.6 Å². The molecule has 0 radical (unpaired) electrons. The second-order valence-corrected chi connectivity index (χ2v) is 9.22. The molecule has 0 bridgehead atoms. The van der Waals surface area contributed by atoms with E-state index in [-0.39, 0.29) is 12.2 Å². The topological polar surface area (TPSA) is 69.9 Å². The number of aromatic nitrogens is 1. The van der Waals surface area contributed by atoms with Crippen LogP contribution in [-0.4, -0.2) is 23.8 Å². The zero-order chi connectivity index (χ0) is 22.7. The molecule has 0 N–H and O–H groups in total. The third kappa shape index (κ3) is 4.33. The lowest BCUT2D eigenvalue weighted by molar-refractivity contribution is -0.139. The highest BCUT2D eigenvalue weighted by molar-refractivity contribution is 7.11. The SMILES string of the molecule is CCCOc1ccc(C2C(C(=O)OCC)=C(C)N=c3sc(=Cc4cccs4)c(=O)n32)cc1. The minimum atomic E-state index is -0.615. The van der Waals surface area contributed by atoms with E-state index in [4.69, 9.17) is 9.47 Å². The highest BCUT2D eigenvalue weighted by atomic mass is 32.1. The molecule has 0 amide bonds. The largest absolute Gasteiger partial charge is 0.494 e. The Morgan fingerprint density at radius 2 is 2.00 bits per heavy atom. The van der Waals surface area contributed by atoms with Gasteiger partial charge in [0.2, 0.25) is 0 Å². The van der Waals surface area contributed by atoms with Gasteiger partial charge in [0.25, 0.3) is 5.56 Å². The molecule has 1 aliphatic heterocycles. The summed E-state index contributed by atoms with van der Waals surface area (Å²) in [5.74, 6) is 0.289. The zero-order valence-corrected chi connectivity index (χ0v) is 19.8. The molecule has 8 heteroatoms. The quantitative estimate of drug-likeness (QED) is 0.497. The number of ether oxygens (including phenoxy) is 2. The predicted octanol–water partition coefficient (Wildman–Crippen LogP) is 3.65. The molecule has 1 aliphatic rings. The van der Waals surface area contributed by atoms with Crippen LogP contribution in [-0.2, 0) is 9.53 Å². The number of nitrogens with zero attached hydrogens (tertiary/aromatic N) is 2. The van der Waals surface area contributed by atoms with Crippen molar-refractivity contribution in [2.45, 2.75) is 33.2 Å². The molecular formula is C24H24N2O4S2. The van der Waals surface area contributed by atoms with Gasteiger partial charge in [0.15, 0.2) is 4.80 Å². The van der Waals surface area contributed by atoms with Crippen molar-refractivity contribution in [1.82, 2.24) is 4.57 Å². The molecule has 1 atom stereocenters. The third-order valence-electron chi connectivity index (χ3n) is 5.00. The van der Waals surface area contributed by atoms with Gasteiger partial charge in [0.1, 0.15) is 5.75 Å². The molecule has 6 nitrogen and oxygen atoms in total. The summed E-state index contributed by atoms with van der Waals surface area (Å²) in [5, 5.41) is 1.97. The van der Waals surface area contributed by atoms with Crippen LogP contribution in [0.15, 0.2) is 62.8 Å². The van der Waals surface area contributed by atoms with Crippen LogP contribution in [0, 0.1) is 0 Å². The Balaban J connectivity index is 1.88. The lowest BCUT2D eigenvalue weighted by atomic mass is 9.96. The van der Waals surface area contributed by atoms with Gasteiger partial charge in [-0.2, -0.15) is 0 Å². The van der Waals surface area contributed by atoms with Crippen LogP contribution >= 0.6 is 22.7 Å². The first-order valence-electron chi connectivity index (χ1n) is 10.5. The van der Waals surface area contributed by atoms with Gasteiger partial charge in [-0.25, -0.2) is 9.79 Å². The molecule has 0 aliphatic carbocycles. The fourth-order valence-electron chi connectivity index (χ4n) is 3.58. The van der Waals surface area contributed by atoms with Gasteiger partial charge in [0, 0.05) is 4.88 Å². The fraction of sp³-hybridized carbons (Fsp3) is 0.292. The number of esters is 1. The second kappa shape index (κ2) is 9.67. The molecule has 4 rings (SSSR count). The summed E-state index contributed by atoms with van der Waals surface area (Å²) < 4.78 is 13.2. The lowest BCUT2D eigenvalue weighted by Crippen LogP contribution is -2.39. The molecule has 1 unspecified atom stereocenters. The first-order chi connectivity index (χ1) is 15.5. The normalized spacial score (nSPS) is 16.0. The Morgan fingerprint density at radius 1 is 1.22 bits per heavy atom. The van der Waals surface area contributed by atoms with Crippen LogP contribution in [0.25, 0.3) is 6.08 Å². The van der Waals surface area contributed by atoms with Gasteiger partial charge in [-0.05, 0) is 55.5 Å². The van der Waals surface area contributed by atoms with Crippen LogP contribution in [0.4, 0.5) is 0 Å². The molecule has 0 saturated heterocycles. The number of benzene rings is 1. The molecular weight excluding hydrogens is 444 g/mol. The minimum absolute atomic E-state index is 0.173. The summed E-state index contributed by atoms with van der Waals surface area (Å²) >= 11 is 2.89. The van der Waals surface area contributed by atoms with Gasteiger partial charge in [-0.3, -0.25) is 9.36 Å². The Morgan fingerprint density at radius 3 is 2.66 bits per heavy atom. The van der Waals surface area contributed by atoms with Crippen molar-refractivity contribution < 1.29 is 14.3 Å². The number of carbonyl (C=O) groups excluding carboxylic acids is 1. The maximum atomic E-state index is 13.5. The second-order valence-electron chi connectivity index (χ2n) is 7.24. The number of allylic oxidation sites excluding steroid dienone is 1. The van der Waals surface area contributed by atoms with E-state index in [9.17, 15) is 9.59 Å².